The highest BCUT2D eigenvalue weighted by Gasteiger charge is 2.41. The van der Waals surface area contributed by atoms with Gasteiger partial charge < -0.3 is 20.4 Å². The van der Waals surface area contributed by atoms with Gasteiger partial charge >= 0.3 is 6.09 Å². The fourth-order valence-corrected chi connectivity index (χ4v) is 5.53. The van der Waals surface area contributed by atoms with E-state index >= 15 is 0 Å². The molecular weight excluding hydrogens is 402 g/mol. The maximum absolute atomic E-state index is 13.1. The average molecular weight is 425 g/mol. The average Bonchev–Trinajstić information content (AvgIpc) is 3.45. The molecule has 0 saturated heterocycles. The number of carbonyl (C=O) groups excluding carboxylic acids is 2. The zero-order valence-electron chi connectivity index (χ0n) is 17.9. The van der Waals surface area contributed by atoms with Crippen molar-refractivity contribution in [3.05, 3.63) is 70.8 Å². The van der Waals surface area contributed by atoms with Crippen LogP contribution in [0.1, 0.15) is 46.8 Å². The summed E-state index contributed by atoms with van der Waals surface area (Å²) in [6.45, 7) is 4.80. The minimum Gasteiger partial charge on any atom is -0.446 e. The molecule has 2 atom stereocenters. The molecule has 160 valence electrons. The number of rotatable bonds is 3. The van der Waals surface area contributed by atoms with Crippen LogP contribution < -0.4 is 10.6 Å². The van der Waals surface area contributed by atoms with Crippen molar-refractivity contribution in [3.8, 4) is 11.1 Å². The van der Waals surface area contributed by atoms with Crippen LogP contribution in [-0.2, 0) is 11.3 Å². The first-order chi connectivity index (χ1) is 15.6. The van der Waals surface area contributed by atoms with Gasteiger partial charge in [0, 0.05) is 40.9 Å². The van der Waals surface area contributed by atoms with E-state index in [1.54, 1.807) is 0 Å². The van der Waals surface area contributed by atoms with Gasteiger partial charge in [0.1, 0.15) is 6.10 Å². The van der Waals surface area contributed by atoms with Crippen LogP contribution in [0.5, 0.6) is 0 Å². The van der Waals surface area contributed by atoms with Crippen molar-refractivity contribution in [1.82, 2.24) is 15.6 Å². The summed E-state index contributed by atoms with van der Waals surface area (Å²) in [6, 6.07) is 16.3. The van der Waals surface area contributed by atoms with Gasteiger partial charge in [0.15, 0.2) is 0 Å². The Bertz CT molecular complexity index is 1440. The van der Waals surface area contributed by atoms with E-state index in [1.165, 1.54) is 0 Å². The molecule has 1 aromatic heterocycles. The van der Waals surface area contributed by atoms with E-state index in [-0.39, 0.29) is 11.8 Å². The lowest BCUT2D eigenvalue weighted by Crippen LogP contribution is -2.30. The van der Waals surface area contributed by atoms with Crippen LogP contribution in [0.15, 0.2) is 48.5 Å². The predicted molar refractivity (Wildman–Crippen MR) is 124 cm³/mol. The summed E-state index contributed by atoms with van der Waals surface area (Å²) in [5.41, 5.74) is 7.94. The molecule has 2 heterocycles. The third-order valence-electron chi connectivity index (χ3n) is 6.71. The maximum Gasteiger partial charge on any atom is 0.407 e. The molecule has 6 nitrogen and oxygen atoms in total. The Labute approximate surface area is 185 Å². The van der Waals surface area contributed by atoms with Crippen molar-refractivity contribution in [2.45, 2.75) is 32.4 Å². The van der Waals surface area contributed by atoms with Gasteiger partial charge in [0.25, 0.3) is 5.91 Å². The van der Waals surface area contributed by atoms with Crippen molar-refractivity contribution >= 4 is 33.8 Å². The molecule has 6 rings (SSSR count). The molecular formula is C26H23N3O3. The smallest absolute Gasteiger partial charge is 0.407 e. The van der Waals surface area contributed by atoms with E-state index in [9.17, 15) is 9.59 Å². The molecule has 3 aromatic carbocycles. The molecule has 0 unspecified atom stereocenters. The first-order valence-corrected chi connectivity index (χ1v) is 11.0. The number of aromatic nitrogens is 1. The normalized spacial score (nSPS) is 17.1. The Morgan fingerprint density at radius 1 is 1.16 bits per heavy atom. The zero-order valence-corrected chi connectivity index (χ0v) is 17.9. The second-order valence-corrected chi connectivity index (χ2v) is 8.45. The Morgan fingerprint density at radius 2 is 1.94 bits per heavy atom. The number of para-hydroxylation sites is 1. The van der Waals surface area contributed by atoms with E-state index in [0.717, 1.165) is 55.2 Å². The number of alkyl carbamates (subject to hydrolysis) is 1. The number of amides is 2. The van der Waals surface area contributed by atoms with Crippen LogP contribution in [-0.4, -0.2) is 29.6 Å². The fraction of sp³-hybridized carbons (Fsp3) is 0.231. The standard InChI is InChI=1S/C26H23N3O3/c1-3-27-26(31)32-13(2)19-14-8-4-5-9-15(14)21-22-17(12-28-25(22)30)20-16-10-6-7-11-18(16)29-24(20)23(19)21/h4-11,13,19,29H,3,12H2,1-2H3,(H,27,31)(H,28,30)/t13-,19+/m1/s1. The largest absolute Gasteiger partial charge is 0.446 e. The highest BCUT2D eigenvalue weighted by Crippen LogP contribution is 2.54. The van der Waals surface area contributed by atoms with Crippen molar-refractivity contribution in [3.63, 3.8) is 0 Å². The Hall–Kier alpha value is -3.80. The molecule has 2 aliphatic rings. The summed E-state index contributed by atoms with van der Waals surface area (Å²) in [7, 11) is 0. The first kappa shape index (κ1) is 18.9. The van der Waals surface area contributed by atoms with E-state index in [4.69, 9.17) is 4.74 Å². The fourth-order valence-electron chi connectivity index (χ4n) is 5.53. The molecule has 2 amide bonds. The molecule has 6 heteroatoms. The van der Waals surface area contributed by atoms with Gasteiger partial charge in [-0.2, -0.15) is 0 Å². The molecule has 0 radical (unpaired) electrons. The zero-order chi connectivity index (χ0) is 22.0. The number of benzene rings is 3. The summed E-state index contributed by atoms with van der Waals surface area (Å²) >= 11 is 0. The summed E-state index contributed by atoms with van der Waals surface area (Å²) in [4.78, 5) is 29.0. The van der Waals surface area contributed by atoms with Gasteiger partial charge in [-0.3, -0.25) is 4.79 Å². The molecule has 0 saturated carbocycles. The van der Waals surface area contributed by atoms with Gasteiger partial charge in [-0.15, -0.1) is 0 Å². The molecule has 0 bridgehead atoms. The van der Waals surface area contributed by atoms with Crippen LogP contribution in [0, 0.1) is 0 Å². The molecule has 3 N–H and O–H groups in total. The maximum atomic E-state index is 13.1. The number of aromatic amines is 1. The van der Waals surface area contributed by atoms with Crippen molar-refractivity contribution in [2.75, 3.05) is 6.54 Å². The van der Waals surface area contributed by atoms with Crippen molar-refractivity contribution in [2.24, 2.45) is 0 Å². The lowest BCUT2D eigenvalue weighted by atomic mass is 9.87. The van der Waals surface area contributed by atoms with E-state index in [0.29, 0.717) is 13.1 Å². The lowest BCUT2D eigenvalue weighted by molar-refractivity contribution is 0.0961. The van der Waals surface area contributed by atoms with Crippen LogP contribution in [0.3, 0.4) is 0 Å². The monoisotopic (exact) mass is 425 g/mol. The molecule has 1 aliphatic heterocycles. The number of H-pyrrole nitrogens is 1. The molecule has 32 heavy (non-hydrogen) atoms. The summed E-state index contributed by atoms with van der Waals surface area (Å²) in [5.74, 6) is -0.228. The van der Waals surface area contributed by atoms with E-state index < -0.39 is 12.2 Å². The highest BCUT2D eigenvalue weighted by atomic mass is 16.6. The molecule has 4 aromatic rings. The summed E-state index contributed by atoms with van der Waals surface area (Å²) in [6.07, 6.45) is -0.848. The van der Waals surface area contributed by atoms with Crippen LogP contribution in [0.2, 0.25) is 0 Å². The number of hydrogen-bond donors (Lipinski definition) is 3. The van der Waals surface area contributed by atoms with E-state index in [1.807, 2.05) is 38.1 Å². The number of fused-ring (bicyclic) bond motifs is 10. The second-order valence-electron chi connectivity index (χ2n) is 8.45. The number of hydrogen-bond acceptors (Lipinski definition) is 3. The second kappa shape index (κ2) is 6.85. The van der Waals surface area contributed by atoms with Gasteiger partial charge in [0.05, 0.1) is 11.1 Å². The topological polar surface area (TPSA) is 83.2 Å². The summed E-state index contributed by atoms with van der Waals surface area (Å²) in [5, 5.41) is 7.94. The number of ether oxygens (including phenoxy) is 1. The first-order valence-electron chi connectivity index (χ1n) is 11.0. The molecule has 0 fully saturated rings. The van der Waals surface area contributed by atoms with Gasteiger partial charge in [-0.25, -0.2) is 4.79 Å². The Kier molecular flexibility index (Phi) is 4.05. The molecule has 0 spiro atoms. The van der Waals surface area contributed by atoms with Crippen LogP contribution in [0.4, 0.5) is 4.79 Å². The molecule has 1 aliphatic carbocycles. The minimum atomic E-state index is -0.433. The predicted octanol–water partition coefficient (Wildman–Crippen LogP) is 4.81. The number of carbonyl (C=O) groups is 2. The quantitative estimate of drug-likeness (QED) is 0.440. The van der Waals surface area contributed by atoms with E-state index in [2.05, 4.69) is 39.9 Å². The number of nitrogens with one attached hydrogen (secondary N) is 3. The Morgan fingerprint density at radius 3 is 2.78 bits per heavy atom. The SMILES string of the molecule is CCNC(=O)O[C@H](C)[C@H]1c2ccccc2-c2c3c(c4c([nH]c5ccccc54)c21)CNC3=O. The van der Waals surface area contributed by atoms with Gasteiger partial charge in [0.2, 0.25) is 0 Å². The third-order valence-corrected chi connectivity index (χ3v) is 6.71. The summed E-state index contributed by atoms with van der Waals surface area (Å²) < 4.78 is 5.79. The van der Waals surface area contributed by atoms with Gasteiger partial charge in [-0.05, 0) is 42.2 Å². The Balaban J connectivity index is 1.69. The highest BCUT2D eigenvalue weighted by molar-refractivity contribution is 6.20. The van der Waals surface area contributed by atoms with Crippen molar-refractivity contribution < 1.29 is 14.3 Å². The lowest BCUT2D eigenvalue weighted by Gasteiger charge is -2.23. The third kappa shape index (κ3) is 2.46. The van der Waals surface area contributed by atoms with Gasteiger partial charge in [-0.1, -0.05) is 42.5 Å². The van der Waals surface area contributed by atoms with Crippen molar-refractivity contribution in [1.29, 1.82) is 0 Å². The van der Waals surface area contributed by atoms with Crippen LogP contribution in [0.25, 0.3) is 32.9 Å². The van der Waals surface area contributed by atoms with Crippen LogP contribution >= 0.6 is 0 Å². The minimum absolute atomic E-state index is 0.0452.